The molecule has 1 aromatic carbocycles. The highest BCUT2D eigenvalue weighted by molar-refractivity contribution is 7.90. The summed E-state index contributed by atoms with van der Waals surface area (Å²) in [5.74, 6) is 0.126. The van der Waals surface area contributed by atoms with Gasteiger partial charge >= 0.3 is 6.18 Å². The molecule has 142 valence electrons. The van der Waals surface area contributed by atoms with Crippen LogP contribution in [0.25, 0.3) is 16.7 Å². The number of halogens is 3. The van der Waals surface area contributed by atoms with Crippen LogP contribution in [0.2, 0.25) is 0 Å². The van der Waals surface area contributed by atoms with Gasteiger partial charge in [-0.05, 0) is 41.8 Å². The zero-order valence-corrected chi connectivity index (χ0v) is 15.1. The maximum atomic E-state index is 12.9. The summed E-state index contributed by atoms with van der Waals surface area (Å²) in [7, 11) is -3.32. The van der Waals surface area contributed by atoms with E-state index in [0.29, 0.717) is 28.7 Å². The second kappa shape index (κ2) is 6.80. The summed E-state index contributed by atoms with van der Waals surface area (Å²) in [4.78, 5) is 7.78. The number of rotatable bonds is 3. The molecule has 0 saturated heterocycles. The van der Waals surface area contributed by atoms with Gasteiger partial charge in [-0.25, -0.2) is 13.4 Å². The minimum absolute atomic E-state index is 0.0212. The third-order valence-corrected chi connectivity index (χ3v) is 5.27. The Labute approximate surface area is 154 Å². The monoisotopic (exact) mass is 395 g/mol. The van der Waals surface area contributed by atoms with Crippen LogP contribution < -0.4 is 5.73 Å². The van der Waals surface area contributed by atoms with Crippen LogP contribution in [0.4, 0.5) is 19.0 Å². The highest BCUT2D eigenvalue weighted by Gasteiger charge is 2.35. The number of allylic oxidation sites excluding steroid dienone is 1. The number of alkyl halides is 3. The van der Waals surface area contributed by atoms with Crippen molar-refractivity contribution in [3.63, 3.8) is 0 Å². The number of sulfone groups is 1. The highest BCUT2D eigenvalue weighted by Crippen LogP contribution is 2.32. The molecule has 0 spiro atoms. The van der Waals surface area contributed by atoms with E-state index in [0.717, 1.165) is 12.3 Å². The number of benzene rings is 1. The number of nitrogens with two attached hydrogens (primary N) is 1. The Morgan fingerprint density at radius 1 is 1.11 bits per heavy atom. The van der Waals surface area contributed by atoms with Crippen molar-refractivity contribution < 1.29 is 21.6 Å². The summed E-state index contributed by atoms with van der Waals surface area (Å²) in [6.45, 7) is 0.0212. The minimum atomic E-state index is -4.52. The molecule has 0 radical (unpaired) electrons. The molecule has 0 fully saturated rings. The van der Waals surface area contributed by atoms with E-state index in [4.69, 9.17) is 5.73 Å². The van der Waals surface area contributed by atoms with Gasteiger partial charge in [-0.1, -0.05) is 12.1 Å². The van der Waals surface area contributed by atoms with Gasteiger partial charge in [0.05, 0.1) is 4.90 Å². The Balaban J connectivity index is 2.01. The smallest absolute Gasteiger partial charge is 0.383 e. The normalized spacial score (nSPS) is 15.3. The van der Waals surface area contributed by atoms with Crippen molar-refractivity contribution in [1.82, 2.24) is 4.98 Å². The standard InChI is InChI=1S/C18H16F3N3O2S/c1-27(25,26)14-4-2-11(3-5-14)13-8-15(17(22)24-10-13)12-6-7-23-16(9-12)18(19,20)21/h2-5,8-10H,6-7H2,1H3,(H2,22,24). The molecular formula is C18H16F3N3O2S. The van der Waals surface area contributed by atoms with Crippen LogP contribution in [0.5, 0.6) is 0 Å². The van der Waals surface area contributed by atoms with Crippen molar-refractivity contribution in [2.75, 3.05) is 18.5 Å². The maximum absolute atomic E-state index is 12.9. The molecule has 3 rings (SSSR count). The molecule has 0 atom stereocenters. The van der Waals surface area contributed by atoms with Crippen molar-refractivity contribution in [3.05, 3.63) is 48.2 Å². The van der Waals surface area contributed by atoms with Gasteiger partial charge in [-0.2, -0.15) is 13.2 Å². The highest BCUT2D eigenvalue weighted by atomic mass is 32.2. The molecule has 9 heteroatoms. The van der Waals surface area contributed by atoms with Gasteiger partial charge in [0.25, 0.3) is 0 Å². The van der Waals surface area contributed by atoms with Crippen molar-refractivity contribution in [1.29, 1.82) is 0 Å². The summed E-state index contributed by atoms with van der Waals surface area (Å²) >= 11 is 0. The number of nitrogen functional groups attached to an aromatic ring is 1. The number of hydrogen-bond donors (Lipinski definition) is 1. The molecule has 5 nitrogen and oxygen atoms in total. The summed E-state index contributed by atoms with van der Waals surface area (Å²) in [6, 6.07) is 7.82. The molecule has 0 bridgehead atoms. The van der Waals surface area contributed by atoms with Crippen LogP contribution in [-0.4, -0.2) is 38.1 Å². The molecule has 1 aliphatic heterocycles. The Morgan fingerprint density at radius 2 is 1.78 bits per heavy atom. The van der Waals surface area contributed by atoms with Crippen LogP contribution in [0.1, 0.15) is 12.0 Å². The Morgan fingerprint density at radius 3 is 2.37 bits per heavy atom. The molecule has 0 unspecified atom stereocenters. The van der Waals surface area contributed by atoms with Crippen molar-refractivity contribution in [3.8, 4) is 11.1 Å². The number of anilines is 1. The number of aromatic nitrogens is 1. The fourth-order valence-electron chi connectivity index (χ4n) is 2.75. The van der Waals surface area contributed by atoms with Gasteiger partial charge < -0.3 is 5.73 Å². The fraction of sp³-hybridized carbons (Fsp3) is 0.222. The Kier molecular flexibility index (Phi) is 4.81. The summed E-state index contributed by atoms with van der Waals surface area (Å²) in [5, 5.41) is 0. The third kappa shape index (κ3) is 4.19. The minimum Gasteiger partial charge on any atom is -0.383 e. The predicted molar refractivity (Wildman–Crippen MR) is 98.1 cm³/mol. The van der Waals surface area contributed by atoms with Gasteiger partial charge in [0.1, 0.15) is 11.5 Å². The first kappa shape index (κ1) is 19.1. The maximum Gasteiger partial charge on any atom is 0.432 e. The van der Waals surface area contributed by atoms with Crippen LogP contribution in [0.15, 0.2) is 52.5 Å². The summed E-state index contributed by atoms with van der Waals surface area (Å²) < 4.78 is 61.9. The van der Waals surface area contributed by atoms with E-state index in [1.165, 1.54) is 18.3 Å². The average molecular weight is 395 g/mol. The Bertz CT molecular complexity index is 1040. The number of aliphatic imine (C=N–C) groups is 1. The predicted octanol–water partition coefficient (Wildman–Crippen LogP) is 3.52. The average Bonchev–Trinajstić information content (AvgIpc) is 2.61. The van der Waals surface area contributed by atoms with Crippen LogP contribution >= 0.6 is 0 Å². The van der Waals surface area contributed by atoms with Crippen molar-refractivity contribution >= 4 is 26.9 Å². The molecule has 27 heavy (non-hydrogen) atoms. The van der Waals surface area contributed by atoms with Crippen molar-refractivity contribution in [2.45, 2.75) is 17.5 Å². The first-order valence-corrected chi connectivity index (χ1v) is 9.83. The van der Waals surface area contributed by atoms with E-state index < -0.39 is 21.7 Å². The van der Waals surface area contributed by atoms with Crippen LogP contribution in [0.3, 0.4) is 0 Å². The first-order chi connectivity index (χ1) is 12.6. The lowest BCUT2D eigenvalue weighted by molar-refractivity contribution is -0.0579. The van der Waals surface area contributed by atoms with Crippen molar-refractivity contribution in [2.24, 2.45) is 4.99 Å². The SMILES string of the molecule is CS(=O)(=O)c1ccc(-c2cnc(N)c(C3=CC(C(F)(F)F)=NCC3)c2)cc1. The van der Waals surface area contributed by atoms with Gasteiger partial charge in [-0.15, -0.1) is 0 Å². The summed E-state index contributed by atoms with van der Waals surface area (Å²) in [5.41, 5.74) is 7.07. The second-order valence-electron chi connectivity index (χ2n) is 6.14. The molecule has 1 aromatic heterocycles. The van der Waals surface area contributed by atoms with Crippen LogP contribution in [0, 0.1) is 0 Å². The lowest BCUT2D eigenvalue weighted by Gasteiger charge is -2.17. The van der Waals surface area contributed by atoms with Crippen LogP contribution in [-0.2, 0) is 9.84 Å². The largest absolute Gasteiger partial charge is 0.432 e. The van der Waals surface area contributed by atoms with E-state index in [-0.39, 0.29) is 17.3 Å². The van der Waals surface area contributed by atoms with E-state index in [2.05, 4.69) is 9.98 Å². The van der Waals surface area contributed by atoms with Gasteiger partial charge in [0.15, 0.2) is 9.84 Å². The van der Waals surface area contributed by atoms with Gasteiger partial charge in [0, 0.05) is 30.1 Å². The molecule has 0 aliphatic carbocycles. The number of nitrogens with zero attached hydrogens (tertiary/aromatic N) is 2. The lowest BCUT2D eigenvalue weighted by atomic mass is 9.96. The quantitative estimate of drug-likeness (QED) is 0.862. The Hall–Kier alpha value is -2.68. The molecule has 0 amide bonds. The lowest BCUT2D eigenvalue weighted by Crippen LogP contribution is -2.23. The third-order valence-electron chi connectivity index (χ3n) is 4.14. The topological polar surface area (TPSA) is 85.4 Å². The molecule has 1 aliphatic rings. The van der Waals surface area contributed by atoms with E-state index >= 15 is 0 Å². The number of hydrogen-bond acceptors (Lipinski definition) is 5. The van der Waals surface area contributed by atoms with E-state index in [1.54, 1.807) is 18.2 Å². The molecule has 2 aromatic rings. The first-order valence-electron chi connectivity index (χ1n) is 7.94. The van der Waals surface area contributed by atoms with E-state index in [1.807, 2.05) is 0 Å². The van der Waals surface area contributed by atoms with E-state index in [9.17, 15) is 21.6 Å². The molecule has 2 N–H and O–H groups in total. The fourth-order valence-corrected chi connectivity index (χ4v) is 3.38. The summed E-state index contributed by atoms with van der Waals surface area (Å²) in [6.07, 6.45) is -0.598. The number of pyridine rings is 1. The molecule has 2 heterocycles. The molecular weight excluding hydrogens is 379 g/mol. The zero-order chi connectivity index (χ0) is 19.8. The molecule has 0 saturated carbocycles. The van der Waals surface area contributed by atoms with Gasteiger partial charge in [0.2, 0.25) is 0 Å². The second-order valence-corrected chi connectivity index (χ2v) is 8.15. The van der Waals surface area contributed by atoms with Gasteiger partial charge in [-0.3, -0.25) is 4.99 Å². The zero-order valence-electron chi connectivity index (χ0n) is 14.3. The number of dihydropyridines is 1.